The molecule has 0 amide bonds. The molecule has 3 aromatic carbocycles. The highest BCUT2D eigenvalue weighted by molar-refractivity contribution is 9.10. The van der Waals surface area contributed by atoms with E-state index in [1.165, 1.54) is 0 Å². The number of halogens is 2. The number of ketones is 1. The summed E-state index contributed by atoms with van der Waals surface area (Å²) < 4.78 is 6.72. The monoisotopic (exact) mass is 414 g/mol. The predicted octanol–water partition coefficient (Wildman–Crippen LogP) is 6.42. The number of ether oxygens (including phenoxy) is 1. The fraction of sp³-hybridized carbons (Fsp3) is 0.0952. The third-order valence-corrected chi connectivity index (χ3v) is 4.66. The smallest absolute Gasteiger partial charge is 0.202 e. The Morgan fingerprint density at radius 1 is 0.960 bits per heavy atom. The minimum atomic E-state index is -0.624. The van der Waals surface area contributed by atoms with Gasteiger partial charge in [-0.15, -0.1) is 0 Å². The van der Waals surface area contributed by atoms with Crippen molar-refractivity contribution in [2.45, 2.75) is 13.0 Å². The Morgan fingerprint density at radius 2 is 1.64 bits per heavy atom. The molecular formula is C21H16BrClO2. The van der Waals surface area contributed by atoms with Crippen LogP contribution >= 0.6 is 27.5 Å². The maximum atomic E-state index is 12.5. The summed E-state index contributed by atoms with van der Waals surface area (Å²) >= 11 is 9.71. The molecule has 0 unspecified atom stereocenters. The Hall–Kier alpha value is -2.10. The molecule has 0 radical (unpaired) electrons. The Morgan fingerprint density at radius 3 is 2.28 bits per heavy atom. The fourth-order valence-corrected chi connectivity index (χ4v) is 2.99. The van der Waals surface area contributed by atoms with Gasteiger partial charge in [-0.1, -0.05) is 76.1 Å². The normalized spacial score (nSPS) is 11.8. The minimum Gasteiger partial charge on any atom is -0.481 e. The van der Waals surface area contributed by atoms with Gasteiger partial charge in [0.1, 0.15) is 5.75 Å². The van der Waals surface area contributed by atoms with Crippen LogP contribution in [0, 0.1) is 0 Å². The van der Waals surface area contributed by atoms with Gasteiger partial charge >= 0.3 is 0 Å². The molecule has 0 spiro atoms. The molecule has 0 aromatic heterocycles. The first-order valence-corrected chi connectivity index (χ1v) is 9.03. The van der Waals surface area contributed by atoms with Crippen LogP contribution < -0.4 is 4.74 Å². The van der Waals surface area contributed by atoms with E-state index in [1.807, 2.05) is 54.6 Å². The molecule has 25 heavy (non-hydrogen) atoms. The topological polar surface area (TPSA) is 26.3 Å². The molecule has 4 heteroatoms. The summed E-state index contributed by atoms with van der Waals surface area (Å²) in [7, 11) is 0. The number of rotatable bonds is 5. The summed E-state index contributed by atoms with van der Waals surface area (Å²) in [6.07, 6.45) is -0.624. The van der Waals surface area contributed by atoms with Crippen molar-refractivity contribution in [1.82, 2.24) is 0 Å². The zero-order valence-electron chi connectivity index (χ0n) is 13.6. The van der Waals surface area contributed by atoms with E-state index in [1.54, 1.807) is 25.1 Å². The summed E-state index contributed by atoms with van der Waals surface area (Å²) in [5, 5.41) is 0.483. The van der Waals surface area contributed by atoms with E-state index in [-0.39, 0.29) is 5.78 Å². The van der Waals surface area contributed by atoms with Gasteiger partial charge in [-0.3, -0.25) is 4.79 Å². The van der Waals surface area contributed by atoms with Gasteiger partial charge in [0.25, 0.3) is 0 Å². The van der Waals surface area contributed by atoms with Crippen LogP contribution in [0.1, 0.15) is 17.3 Å². The SMILES string of the molecule is C[C@@H](Oc1ccc(-c2ccccc2)cc1Cl)C(=O)c1ccc(Br)cc1. The fourth-order valence-electron chi connectivity index (χ4n) is 2.50. The maximum Gasteiger partial charge on any atom is 0.202 e. The minimum absolute atomic E-state index is 0.0873. The van der Waals surface area contributed by atoms with Crippen LogP contribution in [0.3, 0.4) is 0 Å². The first-order chi connectivity index (χ1) is 12.0. The molecule has 0 fully saturated rings. The molecule has 126 valence electrons. The number of hydrogen-bond acceptors (Lipinski definition) is 2. The molecule has 0 bridgehead atoms. The standard InChI is InChI=1S/C21H16BrClO2/c1-14(21(24)16-7-10-18(22)11-8-16)25-20-12-9-17(13-19(20)23)15-5-3-2-4-6-15/h2-14H,1H3/t14-/m1/s1. The third kappa shape index (κ3) is 4.30. The third-order valence-electron chi connectivity index (χ3n) is 3.84. The van der Waals surface area contributed by atoms with Crippen LogP contribution in [-0.4, -0.2) is 11.9 Å². The second-order valence-electron chi connectivity index (χ2n) is 5.64. The lowest BCUT2D eigenvalue weighted by atomic mass is 10.1. The van der Waals surface area contributed by atoms with Crippen molar-refractivity contribution in [3.05, 3.63) is 87.9 Å². The van der Waals surface area contributed by atoms with Crippen molar-refractivity contribution >= 4 is 33.3 Å². The molecule has 0 saturated heterocycles. The van der Waals surface area contributed by atoms with E-state index in [4.69, 9.17) is 16.3 Å². The zero-order valence-corrected chi connectivity index (χ0v) is 15.9. The number of benzene rings is 3. The van der Waals surface area contributed by atoms with Gasteiger partial charge in [0.2, 0.25) is 5.78 Å². The van der Waals surface area contributed by atoms with E-state index < -0.39 is 6.10 Å². The second kappa shape index (κ2) is 7.85. The molecule has 0 N–H and O–H groups in total. The lowest BCUT2D eigenvalue weighted by Gasteiger charge is -2.15. The Kier molecular flexibility index (Phi) is 5.57. The highest BCUT2D eigenvalue weighted by Gasteiger charge is 2.18. The first-order valence-electron chi connectivity index (χ1n) is 7.86. The second-order valence-corrected chi connectivity index (χ2v) is 6.97. The van der Waals surface area contributed by atoms with Gasteiger partial charge in [0.05, 0.1) is 5.02 Å². The zero-order chi connectivity index (χ0) is 17.8. The molecule has 0 aliphatic rings. The number of hydrogen-bond donors (Lipinski definition) is 0. The molecule has 0 heterocycles. The van der Waals surface area contributed by atoms with Crippen LogP contribution in [0.25, 0.3) is 11.1 Å². The quantitative estimate of drug-likeness (QED) is 0.449. The van der Waals surface area contributed by atoms with Gasteiger partial charge in [0.15, 0.2) is 6.10 Å². The summed E-state index contributed by atoms with van der Waals surface area (Å²) in [5.41, 5.74) is 2.69. The van der Waals surface area contributed by atoms with Crippen molar-refractivity contribution in [3.8, 4) is 16.9 Å². The van der Waals surface area contributed by atoms with Gasteiger partial charge in [-0.2, -0.15) is 0 Å². The van der Waals surface area contributed by atoms with E-state index in [2.05, 4.69) is 15.9 Å². The lowest BCUT2D eigenvalue weighted by molar-refractivity contribution is 0.0818. The Labute approximate surface area is 160 Å². The summed E-state index contributed by atoms with van der Waals surface area (Å²) in [6.45, 7) is 1.73. The molecule has 0 aliphatic carbocycles. The van der Waals surface area contributed by atoms with Crippen molar-refractivity contribution in [3.63, 3.8) is 0 Å². The Balaban J connectivity index is 1.76. The summed E-state index contributed by atoms with van der Waals surface area (Å²) in [4.78, 5) is 12.5. The van der Waals surface area contributed by atoms with Crippen LogP contribution in [0.15, 0.2) is 77.3 Å². The average molecular weight is 416 g/mol. The van der Waals surface area contributed by atoms with Crippen LogP contribution in [0.2, 0.25) is 5.02 Å². The van der Waals surface area contributed by atoms with E-state index >= 15 is 0 Å². The largest absolute Gasteiger partial charge is 0.481 e. The predicted molar refractivity (Wildman–Crippen MR) is 105 cm³/mol. The highest BCUT2D eigenvalue weighted by atomic mass is 79.9. The average Bonchev–Trinajstić information content (AvgIpc) is 2.64. The first kappa shape index (κ1) is 17.7. The molecule has 2 nitrogen and oxygen atoms in total. The molecule has 3 rings (SSSR count). The maximum absolute atomic E-state index is 12.5. The Bertz CT molecular complexity index is 876. The van der Waals surface area contributed by atoms with Crippen molar-refractivity contribution in [2.75, 3.05) is 0 Å². The van der Waals surface area contributed by atoms with Crippen LogP contribution in [0.4, 0.5) is 0 Å². The van der Waals surface area contributed by atoms with Crippen molar-refractivity contribution in [1.29, 1.82) is 0 Å². The molecule has 0 aliphatic heterocycles. The molecular weight excluding hydrogens is 400 g/mol. The van der Waals surface area contributed by atoms with E-state index in [0.717, 1.165) is 15.6 Å². The molecule has 3 aromatic rings. The number of Topliss-reactive ketones (excluding diaryl/α,β-unsaturated/α-hetero) is 1. The molecule has 0 saturated carbocycles. The van der Waals surface area contributed by atoms with Crippen LogP contribution in [-0.2, 0) is 0 Å². The van der Waals surface area contributed by atoms with Gasteiger partial charge < -0.3 is 4.74 Å². The highest BCUT2D eigenvalue weighted by Crippen LogP contribution is 2.31. The molecule has 1 atom stereocenters. The summed E-state index contributed by atoms with van der Waals surface area (Å²) in [6, 6.07) is 22.8. The van der Waals surface area contributed by atoms with Crippen LogP contribution in [0.5, 0.6) is 5.75 Å². The van der Waals surface area contributed by atoms with Crippen molar-refractivity contribution < 1.29 is 9.53 Å². The van der Waals surface area contributed by atoms with Crippen molar-refractivity contribution in [2.24, 2.45) is 0 Å². The summed E-state index contributed by atoms with van der Waals surface area (Å²) in [5.74, 6) is 0.412. The van der Waals surface area contributed by atoms with Gasteiger partial charge in [-0.05, 0) is 42.3 Å². The van der Waals surface area contributed by atoms with Gasteiger partial charge in [-0.25, -0.2) is 0 Å². The van der Waals surface area contributed by atoms with E-state index in [0.29, 0.717) is 16.3 Å². The lowest BCUT2D eigenvalue weighted by Crippen LogP contribution is -2.24. The van der Waals surface area contributed by atoms with Gasteiger partial charge in [0, 0.05) is 10.0 Å². The number of carbonyl (C=O) groups excluding carboxylic acids is 1. The number of carbonyl (C=O) groups is 1. The van der Waals surface area contributed by atoms with E-state index in [9.17, 15) is 4.79 Å².